The molecular formula is C38H72N2O2. The van der Waals surface area contributed by atoms with Crippen LogP contribution in [0.2, 0.25) is 0 Å². The maximum absolute atomic E-state index is 10.6. The first-order valence-corrected chi connectivity index (χ1v) is 18.5. The average Bonchev–Trinajstić information content (AvgIpc) is 2.96. The van der Waals surface area contributed by atoms with Gasteiger partial charge < -0.3 is 11.5 Å². The van der Waals surface area contributed by atoms with Gasteiger partial charge in [0.25, 0.3) is 0 Å². The molecule has 0 spiro atoms. The predicted octanol–water partition coefficient (Wildman–Crippen LogP) is 11.6. The van der Waals surface area contributed by atoms with Gasteiger partial charge in [-0.25, -0.2) is 0 Å². The molecule has 0 bridgehead atoms. The molecule has 2 amide bonds. The van der Waals surface area contributed by atoms with E-state index in [1.165, 1.54) is 205 Å². The van der Waals surface area contributed by atoms with Crippen LogP contribution < -0.4 is 11.5 Å². The Morgan fingerprint density at radius 2 is 0.429 bits per heavy atom. The summed E-state index contributed by atoms with van der Waals surface area (Å²) in [6.07, 6.45) is 50.6. The van der Waals surface area contributed by atoms with Crippen molar-refractivity contribution in [2.24, 2.45) is 11.5 Å². The van der Waals surface area contributed by atoms with E-state index in [1.807, 2.05) is 12.2 Å². The molecule has 4 nitrogen and oxygen atoms in total. The molecule has 0 aliphatic heterocycles. The highest BCUT2D eigenvalue weighted by Crippen LogP contribution is 2.17. The van der Waals surface area contributed by atoms with Crippen molar-refractivity contribution in [1.82, 2.24) is 0 Å². The van der Waals surface area contributed by atoms with Gasteiger partial charge in [0.2, 0.25) is 11.8 Å². The summed E-state index contributed by atoms with van der Waals surface area (Å²) in [7, 11) is 0. The Balaban J connectivity index is 3.07. The van der Waals surface area contributed by atoms with Crippen molar-refractivity contribution in [1.29, 1.82) is 0 Å². The summed E-state index contributed by atoms with van der Waals surface area (Å²) in [4.78, 5) is 21.2. The maximum Gasteiger partial charge on any atom is 0.241 e. The van der Waals surface area contributed by atoms with Crippen molar-refractivity contribution >= 4 is 11.8 Å². The Labute approximate surface area is 262 Å². The van der Waals surface area contributed by atoms with E-state index >= 15 is 0 Å². The van der Waals surface area contributed by atoms with Crippen molar-refractivity contribution < 1.29 is 9.59 Å². The monoisotopic (exact) mass is 589 g/mol. The molecule has 0 saturated carbocycles. The number of rotatable bonds is 35. The molecule has 0 rings (SSSR count). The van der Waals surface area contributed by atoms with Crippen LogP contribution in [0.25, 0.3) is 0 Å². The second-order valence-electron chi connectivity index (χ2n) is 12.8. The minimum absolute atomic E-state index is 0.333. The molecule has 0 aromatic carbocycles. The van der Waals surface area contributed by atoms with Crippen molar-refractivity contribution in [2.75, 3.05) is 0 Å². The van der Waals surface area contributed by atoms with Gasteiger partial charge in [0, 0.05) is 0 Å². The van der Waals surface area contributed by atoms with Crippen molar-refractivity contribution in [3.05, 3.63) is 24.3 Å². The van der Waals surface area contributed by atoms with Crippen LogP contribution in [0, 0.1) is 0 Å². The topological polar surface area (TPSA) is 86.2 Å². The minimum atomic E-state index is -0.333. The molecule has 0 aliphatic carbocycles. The number of primary amides is 2. The summed E-state index contributed by atoms with van der Waals surface area (Å²) >= 11 is 0. The summed E-state index contributed by atoms with van der Waals surface area (Å²) in [6.45, 7) is 0. The highest BCUT2D eigenvalue weighted by atomic mass is 16.1. The van der Waals surface area contributed by atoms with E-state index in [-0.39, 0.29) is 11.8 Å². The molecule has 0 unspecified atom stereocenters. The number of unbranched alkanes of at least 4 members (excludes halogenated alkanes) is 31. The Hall–Kier alpha value is -1.58. The highest BCUT2D eigenvalue weighted by molar-refractivity contribution is 5.85. The smallest absolute Gasteiger partial charge is 0.241 e. The van der Waals surface area contributed by atoms with Crippen LogP contribution in [0.1, 0.15) is 205 Å². The first kappa shape index (κ1) is 40.4. The third-order valence-corrected chi connectivity index (χ3v) is 8.56. The molecule has 0 fully saturated rings. The molecule has 0 aromatic heterocycles. The van der Waals surface area contributed by atoms with Gasteiger partial charge >= 0.3 is 0 Å². The average molecular weight is 589 g/mol. The standard InChI is InChI=1S/C38H72N2O2/c39-37(41)35-33-31-29-27-25-23-21-19-17-15-13-11-9-7-5-3-1-2-4-6-8-10-12-14-16-18-20-22-24-26-28-30-32-34-36-38(40)42/h33-36H,1-32H2,(H2,39,41)(H2,40,42). The summed E-state index contributed by atoms with van der Waals surface area (Å²) in [5.74, 6) is -0.667. The lowest BCUT2D eigenvalue weighted by molar-refractivity contribution is -0.114. The Bertz CT molecular complexity index is 575. The number of hydrogen-bond acceptors (Lipinski definition) is 2. The Morgan fingerprint density at radius 1 is 0.286 bits per heavy atom. The molecular weight excluding hydrogens is 516 g/mol. The summed E-state index contributed by atoms with van der Waals surface area (Å²) in [5, 5.41) is 0. The maximum atomic E-state index is 10.6. The van der Waals surface area contributed by atoms with Crippen LogP contribution >= 0.6 is 0 Å². The zero-order valence-corrected chi connectivity index (χ0v) is 27.9. The molecule has 42 heavy (non-hydrogen) atoms. The zero-order valence-electron chi connectivity index (χ0n) is 27.9. The van der Waals surface area contributed by atoms with Crippen molar-refractivity contribution in [3.63, 3.8) is 0 Å². The zero-order chi connectivity index (χ0) is 30.6. The van der Waals surface area contributed by atoms with Crippen LogP contribution in [0.5, 0.6) is 0 Å². The Morgan fingerprint density at radius 3 is 0.571 bits per heavy atom. The third-order valence-electron chi connectivity index (χ3n) is 8.56. The number of nitrogens with two attached hydrogens (primary N) is 2. The molecule has 0 atom stereocenters. The highest BCUT2D eigenvalue weighted by Gasteiger charge is 1.97. The normalized spacial score (nSPS) is 11.7. The fourth-order valence-electron chi connectivity index (χ4n) is 5.87. The van der Waals surface area contributed by atoms with E-state index in [0.29, 0.717) is 0 Å². The number of amides is 2. The Kier molecular flexibility index (Phi) is 34.3. The van der Waals surface area contributed by atoms with Gasteiger partial charge in [-0.3, -0.25) is 9.59 Å². The number of carbonyl (C=O) groups is 2. The molecule has 4 heteroatoms. The molecule has 0 radical (unpaired) electrons. The van der Waals surface area contributed by atoms with Crippen LogP contribution in [0.15, 0.2) is 24.3 Å². The first-order chi connectivity index (χ1) is 20.6. The SMILES string of the molecule is NC(=O)C=CCCCCCCCCCCCCCCCCCCCCCCCCCCCCCCCCC=CC(N)=O. The van der Waals surface area contributed by atoms with Gasteiger partial charge in [0.15, 0.2) is 0 Å². The minimum Gasteiger partial charge on any atom is -0.366 e. The van der Waals surface area contributed by atoms with E-state index in [0.717, 1.165) is 12.8 Å². The summed E-state index contributed by atoms with van der Waals surface area (Å²) < 4.78 is 0. The fourth-order valence-corrected chi connectivity index (χ4v) is 5.87. The van der Waals surface area contributed by atoms with Crippen LogP contribution in [0.3, 0.4) is 0 Å². The second kappa shape index (κ2) is 35.6. The van der Waals surface area contributed by atoms with Gasteiger partial charge in [-0.15, -0.1) is 0 Å². The molecule has 246 valence electrons. The van der Waals surface area contributed by atoms with Gasteiger partial charge in [0.1, 0.15) is 0 Å². The van der Waals surface area contributed by atoms with Crippen LogP contribution in [-0.2, 0) is 9.59 Å². The molecule has 0 aromatic rings. The van der Waals surface area contributed by atoms with E-state index in [9.17, 15) is 9.59 Å². The van der Waals surface area contributed by atoms with E-state index < -0.39 is 0 Å². The van der Waals surface area contributed by atoms with E-state index in [4.69, 9.17) is 11.5 Å². The number of allylic oxidation sites excluding steroid dienone is 2. The van der Waals surface area contributed by atoms with Crippen molar-refractivity contribution in [3.8, 4) is 0 Å². The summed E-state index contributed by atoms with van der Waals surface area (Å²) in [5.41, 5.74) is 10.2. The molecule has 4 N–H and O–H groups in total. The molecule has 0 aliphatic rings. The van der Waals surface area contributed by atoms with Crippen molar-refractivity contribution in [2.45, 2.75) is 205 Å². The van der Waals surface area contributed by atoms with E-state index in [1.54, 1.807) is 0 Å². The lowest BCUT2D eigenvalue weighted by atomic mass is 10.0. The fraction of sp³-hybridized carbons (Fsp3) is 0.842. The van der Waals surface area contributed by atoms with Gasteiger partial charge in [-0.2, -0.15) is 0 Å². The summed E-state index contributed by atoms with van der Waals surface area (Å²) in [6, 6.07) is 0. The van der Waals surface area contributed by atoms with Gasteiger partial charge in [-0.05, 0) is 37.8 Å². The van der Waals surface area contributed by atoms with Gasteiger partial charge in [-0.1, -0.05) is 192 Å². The van der Waals surface area contributed by atoms with E-state index in [2.05, 4.69) is 0 Å². The first-order valence-electron chi connectivity index (χ1n) is 18.5. The van der Waals surface area contributed by atoms with Gasteiger partial charge in [0.05, 0.1) is 0 Å². The second-order valence-corrected chi connectivity index (χ2v) is 12.8. The molecule has 0 heterocycles. The third kappa shape index (κ3) is 38.4. The lowest BCUT2D eigenvalue weighted by Gasteiger charge is -2.04. The van der Waals surface area contributed by atoms with Crippen LogP contribution in [-0.4, -0.2) is 11.8 Å². The van der Waals surface area contributed by atoms with Crippen LogP contribution in [0.4, 0.5) is 0 Å². The number of hydrogen-bond donors (Lipinski definition) is 2. The quantitative estimate of drug-likeness (QED) is 0.0570. The molecule has 0 saturated heterocycles. The lowest BCUT2D eigenvalue weighted by Crippen LogP contribution is -2.05. The predicted molar refractivity (Wildman–Crippen MR) is 184 cm³/mol. The number of carbonyl (C=O) groups excluding carboxylic acids is 2. The largest absolute Gasteiger partial charge is 0.366 e.